The Balaban J connectivity index is 1.60. The Bertz CT molecular complexity index is 1140. The highest BCUT2D eigenvalue weighted by Gasteiger charge is 2.34. The van der Waals surface area contributed by atoms with Crippen LogP contribution in [0.5, 0.6) is 0 Å². The van der Waals surface area contributed by atoms with Gasteiger partial charge in [0.05, 0.1) is 0 Å². The van der Waals surface area contributed by atoms with E-state index in [1.165, 1.54) is 12.1 Å². The predicted molar refractivity (Wildman–Crippen MR) is 129 cm³/mol. The average Bonchev–Trinajstić information content (AvgIpc) is 3.32. The number of carbonyl (C=O) groups is 1. The number of aryl methyl sites for hydroxylation is 1. The third-order valence-corrected chi connectivity index (χ3v) is 6.32. The molecule has 0 aliphatic heterocycles. The molecule has 0 spiro atoms. The molecule has 7 heteroatoms. The summed E-state index contributed by atoms with van der Waals surface area (Å²) in [6.45, 7) is 10.5. The van der Waals surface area contributed by atoms with Crippen LogP contribution in [0.25, 0.3) is 11.5 Å². The molecule has 0 saturated heterocycles. The van der Waals surface area contributed by atoms with Gasteiger partial charge in [-0.25, -0.2) is 4.39 Å². The number of ketones is 1. The van der Waals surface area contributed by atoms with E-state index in [9.17, 15) is 9.18 Å². The van der Waals surface area contributed by atoms with Crippen molar-refractivity contribution in [1.29, 1.82) is 0 Å². The molecule has 1 aliphatic carbocycles. The third-order valence-electron chi connectivity index (χ3n) is 6.32. The number of Topliss-reactive ketones (excluding diaryl/α,β-unsaturated/α-hetero) is 1. The lowest BCUT2D eigenvalue weighted by Crippen LogP contribution is -2.17. The molecular formula is C27H35FN4O2. The van der Waals surface area contributed by atoms with E-state index in [0.717, 1.165) is 54.2 Å². The minimum absolute atomic E-state index is 0.0304. The summed E-state index contributed by atoms with van der Waals surface area (Å²) in [5.74, 6) is 3.15. The molecule has 0 amide bonds. The molecule has 0 N–H and O–H groups in total. The highest BCUT2D eigenvalue weighted by Crippen LogP contribution is 2.42. The van der Waals surface area contributed by atoms with Crippen molar-refractivity contribution < 1.29 is 13.7 Å². The predicted octanol–water partition coefficient (Wildman–Crippen LogP) is 6.25. The quantitative estimate of drug-likeness (QED) is 0.334. The van der Waals surface area contributed by atoms with Gasteiger partial charge in [0.15, 0.2) is 11.5 Å². The zero-order valence-corrected chi connectivity index (χ0v) is 20.8. The van der Waals surface area contributed by atoms with Crippen molar-refractivity contribution in [2.45, 2.75) is 85.1 Å². The van der Waals surface area contributed by atoms with Crippen molar-refractivity contribution in [1.82, 2.24) is 19.9 Å². The van der Waals surface area contributed by atoms with Crippen LogP contribution in [0.3, 0.4) is 0 Å². The van der Waals surface area contributed by atoms with Crippen LogP contribution in [-0.4, -0.2) is 25.7 Å². The second-order valence-corrected chi connectivity index (χ2v) is 10.6. The van der Waals surface area contributed by atoms with Gasteiger partial charge in [0.1, 0.15) is 23.2 Å². The normalized spacial score (nSPS) is 14.8. The molecule has 182 valence electrons. The van der Waals surface area contributed by atoms with E-state index >= 15 is 0 Å². The van der Waals surface area contributed by atoms with Gasteiger partial charge in [0.25, 0.3) is 0 Å². The monoisotopic (exact) mass is 466 g/mol. The third kappa shape index (κ3) is 5.80. The zero-order chi connectivity index (χ0) is 24.4. The number of halogens is 1. The van der Waals surface area contributed by atoms with Crippen LogP contribution in [0.15, 0.2) is 28.8 Å². The molecule has 1 aliphatic rings. The van der Waals surface area contributed by atoms with Crippen molar-refractivity contribution in [3.8, 4) is 11.5 Å². The molecule has 6 nitrogen and oxygen atoms in total. The smallest absolute Gasteiger partial charge is 0.186 e. The summed E-state index contributed by atoms with van der Waals surface area (Å²) in [5, 5.41) is 13.4. The van der Waals surface area contributed by atoms with Crippen molar-refractivity contribution >= 4 is 5.78 Å². The Hall–Kier alpha value is -2.83. The number of carbonyl (C=O) groups excluding carboxylic acids is 1. The molecule has 34 heavy (non-hydrogen) atoms. The van der Waals surface area contributed by atoms with Crippen molar-refractivity contribution in [3.05, 3.63) is 52.8 Å². The number of nitrogens with zero attached hydrogens (tertiary/aromatic N) is 4. The Labute approximate surface area is 200 Å². The molecule has 1 fully saturated rings. The van der Waals surface area contributed by atoms with Gasteiger partial charge >= 0.3 is 0 Å². The van der Waals surface area contributed by atoms with Crippen LogP contribution in [0.1, 0.15) is 88.0 Å². The first-order valence-electron chi connectivity index (χ1n) is 12.4. The summed E-state index contributed by atoms with van der Waals surface area (Å²) in [7, 11) is 0. The molecule has 1 saturated carbocycles. The molecule has 2 heterocycles. The maximum absolute atomic E-state index is 13.5. The summed E-state index contributed by atoms with van der Waals surface area (Å²) >= 11 is 0. The summed E-state index contributed by atoms with van der Waals surface area (Å²) < 4.78 is 21.2. The second-order valence-electron chi connectivity index (χ2n) is 10.6. The fourth-order valence-electron chi connectivity index (χ4n) is 4.63. The molecule has 2 aromatic heterocycles. The van der Waals surface area contributed by atoms with Gasteiger partial charge in [-0.2, -0.15) is 0 Å². The van der Waals surface area contributed by atoms with Crippen LogP contribution < -0.4 is 0 Å². The Kier molecular flexibility index (Phi) is 7.29. The first-order chi connectivity index (χ1) is 16.2. The Morgan fingerprint density at radius 3 is 2.56 bits per heavy atom. The molecule has 0 bridgehead atoms. The number of hydrogen-bond donors (Lipinski definition) is 0. The van der Waals surface area contributed by atoms with Gasteiger partial charge in [0, 0.05) is 37.3 Å². The zero-order valence-electron chi connectivity index (χ0n) is 20.8. The minimum Gasteiger partial charge on any atom is -0.361 e. The number of hydrogen-bond acceptors (Lipinski definition) is 5. The standard InChI is InChI=1S/C27H35FN4O2/c1-16(2)10-20(14-23(33)13-19-6-7-21(28)12-18(19)5)26-29-30-27(32(26)22-8-9-22)25-15-24(34-31-25)11-17(3)4/h6-7,12,15-17,20,22H,8-11,13-14H2,1-5H3/t20-/m0/s1. The SMILES string of the molecule is Cc1cc(F)ccc1CC(=O)C[C@H](CC(C)C)c1nnc(-c2cc(CC(C)C)on2)n1C1CC1. The van der Waals surface area contributed by atoms with Crippen molar-refractivity contribution in [2.75, 3.05) is 0 Å². The number of benzene rings is 1. The van der Waals surface area contributed by atoms with Crippen molar-refractivity contribution in [3.63, 3.8) is 0 Å². The van der Waals surface area contributed by atoms with Gasteiger partial charge in [-0.05, 0) is 61.3 Å². The molecule has 0 unspecified atom stereocenters. The fraction of sp³-hybridized carbons (Fsp3) is 0.556. The maximum Gasteiger partial charge on any atom is 0.186 e. The maximum atomic E-state index is 13.5. The van der Waals surface area contributed by atoms with Gasteiger partial charge in [-0.1, -0.05) is 38.9 Å². The second kappa shape index (κ2) is 10.2. The first-order valence-corrected chi connectivity index (χ1v) is 12.4. The first kappa shape index (κ1) is 24.3. The molecule has 1 atom stereocenters. The van der Waals surface area contributed by atoms with E-state index in [1.54, 1.807) is 6.07 Å². The minimum atomic E-state index is -0.277. The fourth-order valence-corrected chi connectivity index (χ4v) is 4.63. The summed E-state index contributed by atoms with van der Waals surface area (Å²) in [6.07, 6.45) is 4.50. The average molecular weight is 467 g/mol. The van der Waals surface area contributed by atoms with Crippen LogP contribution in [0.4, 0.5) is 4.39 Å². The largest absolute Gasteiger partial charge is 0.361 e. The van der Waals surface area contributed by atoms with E-state index < -0.39 is 0 Å². The van der Waals surface area contributed by atoms with E-state index in [1.807, 2.05) is 13.0 Å². The van der Waals surface area contributed by atoms with Crippen LogP contribution in [-0.2, 0) is 17.6 Å². The number of aromatic nitrogens is 4. The molecule has 4 rings (SSSR count). The van der Waals surface area contributed by atoms with E-state index in [2.05, 4.69) is 47.6 Å². The highest BCUT2D eigenvalue weighted by atomic mass is 19.1. The Morgan fingerprint density at radius 2 is 1.91 bits per heavy atom. The van der Waals surface area contributed by atoms with Gasteiger partial charge < -0.3 is 9.09 Å². The van der Waals surface area contributed by atoms with E-state index in [-0.39, 0.29) is 17.5 Å². The molecule has 0 radical (unpaired) electrons. The lowest BCUT2D eigenvalue weighted by atomic mass is 9.89. The van der Waals surface area contributed by atoms with Crippen LogP contribution in [0, 0.1) is 24.6 Å². The van der Waals surface area contributed by atoms with Crippen molar-refractivity contribution in [2.24, 2.45) is 11.8 Å². The molecule has 3 aromatic rings. The van der Waals surface area contributed by atoms with Crippen LogP contribution in [0.2, 0.25) is 0 Å². The summed E-state index contributed by atoms with van der Waals surface area (Å²) in [5.41, 5.74) is 2.39. The Morgan fingerprint density at radius 1 is 1.15 bits per heavy atom. The molecule has 1 aromatic carbocycles. The summed E-state index contributed by atoms with van der Waals surface area (Å²) in [4.78, 5) is 13.1. The topological polar surface area (TPSA) is 73.8 Å². The summed E-state index contributed by atoms with van der Waals surface area (Å²) in [6, 6.07) is 6.92. The number of rotatable bonds is 11. The van der Waals surface area contributed by atoms with Gasteiger partial charge in [-0.3, -0.25) is 4.79 Å². The lowest BCUT2D eigenvalue weighted by molar-refractivity contribution is -0.118. The van der Waals surface area contributed by atoms with E-state index in [0.29, 0.717) is 36.4 Å². The van der Waals surface area contributed by atoms with Gasteiger partial charge in [0.2, 0.25) is 0 Å². The highest BCUT2D eigenvalue weighted by molar-refractivity contribution is 5.82. The van der Waals surface area contributed by atoms with E-state index in [4.69, 9.17) is 4.52 Å². The lowest BCUT2D eigenvalue weighted by Gasteiger charge is -2.19. The molecular weight excluding hydrogens is 431 g/mol. The van der Waals surface area contributed by atoms with Gasteiger partial charge in [-0.15, -0.1) is 10.2 Å². The van der Waals surface area contributed by atoms with Crippen LogP contribution >= 0.6 is 0 Å².